The number of nitrogens with zero attached hydrogens (tertiary/aromatic N) is 1. The average Bonchev–Trinajstić information content (AvgIpc) is 2.28. The summed E-state index contributed by atoms with van der Waals surface area (Å²) < 4.78 is 28.0. The summed E-state index contributed by atoms with van der Waals surface area (Å²) in [6.45, 7) is 1.12. The number of hydrogen-bond acceptors (Lipinski definition) is 6. The van der Waals surface area contributed by atoms with Crippen molar-refractivity contribution in [3.05, 3.63) is 27.8 Å². The highest BCUT2D eigenvalue weighted by Crippen LogP contribution is 2.31. The van der Waals surface area contributed by atoms with Crippen molar-refractivity contribution in [2.45, 2.75) is 18.2 Å². The number of nitro groups is 1. The van der Waals surface area contributed by atoms with Crippen molar-refractivity contribution >= 4 is 21.7 Å². The molecule has 0 saturated heterocycles. The Kier molecular flexibility index (Phi) is 4.63. The molecule has 110 valence electrons. The number of aliphatic carboxylic acids is 1. The van der Waals surface area contributed by atoms with Crippen molar-refractivity contribution in [1.82, 2.24) is 0 Å². The molecule has 10 heteroatoms. The maximum absolute atomic E-state index is 11.4. The van der Waals surface area contributed by atoms with Gasteiger partial charge in [-0.15, -0.1) is 0 Å². The van der Waals surface area contributed by atoms with E-state index >= 15 is 0 Å². The van der Waals surface area contributed by atoms with Gasteiger partial charge in [-0.3, -0.25) is 14.9 Å². The first-order chi connectivity index (χ1) is 9.12. The number of sulfonamides is 1. The van der Waals surface area contributed by atoms with E-state index in [9.17, 15) is 23.3 Å². The van der Waals surface area contributed by atoms with Crippen molar-refractivity contribution in [3.63, 3.8) is 0 Å². The van der Waals surface area contributed by atoms with Gasteiger partial charge in [0.25, 0.3) is 5.69 Å². The van der Waals surface area contributed by atoms with Crippen molar-refractivity contribution in [1.29, 1.82) is 0 Å². The fourth-order valence-corrected chi connectivity index (χ4v) is 2.23. The molecule has 9 nitrogen and oxygen atoms in total. The van der Waals surface area contributed by atoms with Crippen LogP contribution >= 0.6 is 0 Å². The van der Waals surface area contributed by atoms with Gasteiger partial charge in [-0.1, -0.05) is 0 Å². The summed E-state index contributed by atoms with van der Waals surface area (Å²) in [6, 6.07) is 1.89. The number of primary sulfonamides is 1. The van der Waals surface area contributed by atoms with Crippen LogP contribution in [-0.4, -0.2) is 31.0 Å². The fourth-order valence-electron chi connectivity index (χ4n) is 1.47. The molecule has 20 heavy (non-hydrogen) atoms. The van der Waals surface area contributed by atoms with Crippen LogP contribution in [0.5, 0.6) is 5.75 Å². The number of carboxylic acids is 1. The van der Waals surface area contributed by atoms with Crippen LogP contribution in [0.3, 0.4) is 0 Å². The molecule has 1 aromatic rings. The highest BCUT2D eigenvalue weighted by molar-refractivity contribution is 7.89. The third kappa shape index (κ3) is 3.90. The van der Waals surface area contributed by atoms with E-state index in [2.05, 4.69) is 0 Å². The second-order valence-electron chi connectivity index (χ2n) is 3.88. The fraction of sp³-hybridized carbons (Fsp3) is 0.300. The highest BCUT2D eigenvalue weighted by Gasteiger charge is 2.23. The number of benzene rings is 1. The summed E-state index contributed by atoms with van der Waals surface area (Å²) in [6.07, 6.45) is -0.347. The predicted molar refractivity (Wildman–Crippen MR) is 67.0 cm³/mol. The molecular weight excluding hydrogens is 292 g/mol. The van der Waals surface area contributed by atoms with Crippen LogP contribution in [0.1, 0.15) is 12.0 Å². The van der Waals surface area contributed by atoms with E-state index in [0.717, 1.165) is 12.1 Å². The Morgan fingerprint density at radius 3 is 2.55 bits per heavy atom. The first-order valence-electron chi connectivity index (χ1n) is 5.29. The molecule has 0 saturated carbocycles. The van der Waals surface area contributed by atoms with Gasteiger partial charge < -0.3 is 9.84 Å². The monoisotopic (exact) mass is 304 g/mol. The minimum atomic E-state index is -4.24. The Labute approximate surface area is 114 Å². The summed E-state index contributed by atoms with van der Waals surface area (Å²) >= 11 is 0. The van der Waals surface area contributed by atoms with Gasteiger partial charge in [-0.25, -0.2) is 13.6 Å². The summed E-state index contributed by atoms with van der Waals surface area (Å²) in [5, 5.41) is 24.2. The second kappa shape index (κ2) is 5.84. The zero-order chi connectivity index (χ0) is 15.5. The molecule has 0 unspecified atom stereocenters. The Hall–Kier alpha value is -2.20. The number of nitrogens with two attached hydrogens (primary N) is 1. The number of rotatable bonds is 6. The number of carboxylic acid groups (broad SMARTS) is 1. The smallest absolute Gasteiger partial charge is 0.306 e. The van der Waals surface area contributed by atoms with E-state index in [1.807, 2.05) is 0 Å². The predicted octanol–water partition coefficient (Wildman–Crippen LogP) is 0.404. The molecule has 0 aromatic heterocycles. The van der Waals surface area contributed by atoms with E-state index < -0.39 is 31.5 Å². The van der Waals surface area contributed by atoms with Crippen LogP contribution in [0.2, 0.25) is 0 Å². The molecule has 1 aromatic carbocycles. The van der Waals surface area contributed by atoms with Gasteiger partial charge in [0.05, 0.1) is 18.0 Å². The molecular formula is C10H12N2O7S. The lowest BCUT2D eigenvalue weighted by Gasteiger charge is -2.12. The number of carbonyl (C=O) groups is 1. The summed E-state index contributed by atoms with van der Waals surface area (Å²) in [5.41, 5.74) is -0.272. The van der Waals surface area contributed by atoms with Gasteiger partial charge in [0.15, 0.2) is 0 Å². The summed E-state index contributed by atoms with van der Waals surface area (Å²) in [4.78, 5) is 19.8. The van der Waals surface area contributed by atoms with Crippen molar-refractivity contribution in [2.24, 2.45) is 5.14 Å². The second-order valence-corrected chi connectivity index (χ2v) is 5.41. The molecule has 0 aliphatic rings. The number of non-ortho nitro benzene ring substituents is 1. The molecule has 0 radical (unpaired) electrons. The topological polar surface area (TPSA) is 150 Å². The van der Waals surface area contributed by atoms with Gasteiger partial charge in [0, 0.05) is 12.1 Å². The van der Waals surface area contributed by atoms with Gasteiger partial charge >= 0.3 is 5.97 Å². The van der Waals surface area contributed by atoms with Crippen molar-refractivity contribution < 1.29 is 28.0 Å². The van der Waals surface area contributed by atoms with E-state index in [0.29, 0.717) is 0 Å². The Balaban J connectivity index is 3.28. The number of aryl methyl sites for hydroxylation is 1. The summed E-state index contributed by atoms with van der Waals surface area (Å²) in [5.74, 6) is -1.30. The van der Waals surface area contributed by atoms with E-state index in [-0.39, 0.29) is 24.3 Å². The Morgan fingerprint density at radius 1 is 1.50 bits per heavy atom. The normalized spacial score (nSPS) is 11.1. The van der Waals surface area contributed by atoms with Crippen LogP contribution in [-0.2, 0) is 14.8 Å². The van der Waals surface area contributed by atoms with E-state index in [4.69, 9.17) is 15.0 Å². The average molecular weight is 304 g/mol. The number of ether oxygens (including phenoxy) is 1. The first kappa shape index (κ1) is 15.9. The van der Waals surface area contributed by atoms with Gasteiger partial charge in [0.1, 0.15) is 10.6 Å². The third-order valence-electron chi connectivity index (χ3n) is 2.30. The number of nitro benzene ring substituents is 1. The van der Waals surface area contributed by atoms with E-state index in [1.54, 1.807) is 0 Å². The molecule has 0 aliphatic carbocycles. The lowest BCUT2D eigenvalue weighted by molar-refractivity contribution is -0.385. The molecule has 0 fully saturated rings. The molecule has 0 heterocycles. The Bertz CT molecular complexity index is 654. The van der Waals surface area contributed by atoms with Crippen molar-refractivity contribution in [2.75, 3.05) is 6.61 Å². The molecule has 0 atom stereocenters. The minimum absolute atomic E-state index is 0.175. The van der Waals surface area contributed by atoms with Gasteiger partial charge in [0.2, 0.25) is 10.0 Å². The van der Waals surface area contributed by atoms with Gasteiger partial charge in [-0.05, 0) is 12.5 Å². The quantitative estimate of drug-likeness (QED) is 0.570. The zero-order valence-electron chi connectivity index (χ0n) is 10.4. The van der Waals surface area contributed by atoms with Crippen LogP contribution in [0, 0.1) is 17.0 Å². The molecule has 0 bridgehead atoms. The zero-order valence-corrected chi connectivity index (χ0v) is 11.2. The van der Waals surface area contributed by atoms with Crippen LogP contribution in [0.4, 0.5) is 5.69 Å². The van der Waals surface area contributed by atoms with Crippen LogP contribution in [0.15, 0.2) is 17.0 Å². The molecule has 0 aliphatic heterocycles. The molecule has 0 spiro atoms. The molecule has 0 amide bonds. The van der Waals surface area contributed by atoms with Crippen LogP contribution < -0.4 is 9.88 Å². The van der Waals surface area contributed by atoms with Gasteiger partial charge in [-0.2, -0.15) is 0 Å². The maximum atomic E-state index is 11.4. The van der Waals surface area contributed by atoms with E-state index in [1.165, 1.54) is 6.92 Å². The lowest BCUT2D eigenvalue weighted by Crippen LogP contribution is -2.16. The third-order valence-corrected chi connectivity index (χ3v) is 3.22. The Morgan fingerprint density at radius 2 is 2.10 bits per heavy atom. The highest BCUT2D eigenvalue weighted by atomic mass is 32.2. The van der Waals surface area contributed by atoms with Crippen LogP contribution in [0.25, 0.3) is 0 Å². The first-order valence-corrected chi connectivity index (χ1v) is 6.84. The number of hydrogen-bond donors (Lipinski definition) is 2. The molecule has 1 rings (SSSR count). The lowest BCUT2D eigenvalue weighted by atomic mass is 10.2. The minimum Gasteiger partial charge on any atom is -0.491 e. The molecule has 3 N–H and O–H groups in total. The largest absolute Gasteiger partial charge is 0.491 e. The van der Waals surface area contributed by atoms with Crippen molar-refractivity contribution in [3.8, 4) is 5.75 Å². The SMILES string of the molecule is Cc1cc([N+](=O)[O-])cc(S(N)(=O)=O)c1OCCC(=O)O. The maximum Gasteiger partial charge on any atom is 0.306 e. The standard InChI is InChI=1S/C10H12N2O7S/c1-6-4-7(12(15)16)5-8(20(11,17)18)10(6)19-3-2-9(13)14/h4-5H,2-3H2,1H3,(H,13,14)(H2,11,17,18). The summed E-state index contributed by atoms with van der Waals surface area (Å²) in [7, 11) is -4.24.